The number of nitriles is 1. The molecule has 0 saturated carbocycles. The molecule has 0 fully saturated rings. The second-order valence-electron chi connectivity index (χ2n) is 3.21. The van der Waals surface area contributed by atoms with Gasteiger partial charge in [0.2, 0.25) is 0 Å². The summed E-state index contributed by atoms with van der Waals surface area (Å²) in [5.74, 6) is 0.176. The Morgan fingerprint density at radius 2 is 2.00 bits per heavy atom. The lowest BCUT2D eigenvalue weighted by Gasteiger charge is -2.29. The first kappa shape index (κ1) is 10.8. The van der Waals surface area contributed by atoms with Crippen molar-refractivity contribution in [2.24, 2.45) is 5.92 Å². The molecule has 0 aromatic heterocycles. The van der Waals surface area contributed by atoms with Gasteiger partial charge in [0.25, 0.3) is 0 Å². The molecule has 0 aromatic carbocycles. The fraction of sp³-hybridized carbons (Fsp3) is 0.875. The third-order valence-electron chi connectivity index (χ3n) is 1.89. The van der Waals surface area contributed by atoms with Crippen LogP contribution in [-0.4, -0.2) is 17.8 Å². The predicted molar refractivity (Wildman–Crippen MR) is 49.4 cm³/mol. The fourth-order valence-electron chi connectivity index (χ4n) is 1.02. The van der Waals surface area contributed by atoms with Gasteiger partial charge in [-0.2, -0.15) is 9.15 Å². The van der Waals surface area contributed by atoms with Gasteiger partial charge in [0.1, 0.15) is 5.25 Å². The van der Waals surface area contributed by atoms with Gasteiger partial charge in [-0.3, -0.25) is 0 Å². The molecule has 2 atom stereocenters. The highest BCUT2D eigenvalue weighted by Crippen LogP contribution is 2.49. The molecule has 0 aliphatic rings. The van der Waals surface area contributed by atoms with Crippen molar-refractivity contribution in [2.45, 2.75) is 25.5 Å². The summed E-state index contributed by atoms with van der Waals surface area (Å²) in [5.41, 5.74) is 0. The maximum absolute atomic E-state index is 13.4. The summed E-state index contributed by atoms with van der Waals surface area (Å²) in [6.07, 6.45) is 3.97. The molecule has 0 amide bonds. The van der Waals surface area contributed by atoms with Crippen LogP contribution in [0.15, 0.2) is 0 Å². The molecular weight excluding hydrogens is 161 g/mol. The Labute approximate surface area is 70.2 Å². The standard InChI is InChI=1S/C8H16FNS/c1-5-7(2)8(6-10)11(3,4)9/h7-8H,5H2,1-4H3. The Morgan fingerprint density at radius 3 is 2.09 bits per heavy atom. The second-order valence-corrected chi connectivity index (χ2v) is 6.28. The van der Waals surface area contributed by atoms with Gasteiger partial charge in [-0.1, -0.05) is 30.7 Å². The highest BCUT2D eigenvalue weighted by molar-refractivity contribution is 8.29. The van der Waals surface area contributed by atoms with Crippen LogP contribution in [-0.2, 0) is 0 Å². The third kappa shape index (κ3) is 3.11. The van der Waals surface area contributed by atoms with E-state index >= 15 is 0 Å². The second kappa shape index (κ2) is 3.96. The molecule has 0 aliphatic carbocycles. The van der Waals surface area contributed by atoms with Gasteiger partial charge in [-0.05, 0) is 18.4 Å². The van der Waals surface area contributed by atoms with Gasteiger partial charge in [-0.25, -0.2) is 0 Å². The maximum Gasteiger partial charge on any atom is 0.104 e. The smallest absolute Gasteiger partial charge is 0.104 e. The average Bonchev–Trinajstić information content (AvgIpc) is 1.86. The summed E-state index contributed by atoms with van der Waals surface area (Å²) in [6.45, 7) is 3.92. The summed E-state index contributed by atoms with van der Waals surface area (Å²) in [5, 5.41) is 8.30. The van der Waals surface area contributed by atoms with E-state index in [2.05, 4.69) is 6.07 Å². The minimum Gasteiger partial charge on any atom is -0.197 e. The van der Waals surface area contributed by atoms with Gasteiger partial charge in [-0.15, -0.1) is 0 Å². The summed E-state index contributed by atoms with van der Waals surface area (Å²) >= 11 is 0. The lowest BCUT2D eigenvalue weighted by Crippen LogP contribution is -2.19. The average molecular weight is 177 g/mol. The molecule has 0 saturated heterocycles. The van der Waals surface area contributed by atoms with Gasteiger partial charge < -0.3 is 0 Å². The number of nitrogens with zero attached hydrogens (tertiary/aromatic N) is 1. The number of halogens is 1. The van der Waals surface area contributed by atoms with E-state index in [-0.39, 0.29) is 5.92 Å². The van der Waals surface area contributed by atoms with E-state index < -0.39 is 15.7 Å². The van der Waals surface area contributed by atoms with Gasteiger partial charge >= 0.3 is 0 Å². The van der Waals surface area contributed by atoms with Gasteiger partial charge in [0.05, 0.1) is 6.07 Å². The van der Waals surface area contributed by atoms with Crippen LogP contribution < -0.4 is 0 Å². The van der Waals surface area contributed by atoms with E-state index in [0.717, 1.165) is 6.42 Å². The van der Waals surface area contributed by atoms with Crippen molar-refractivity contribution >= 4 is 10.4 Å². The fourth-order valence-corrected chi connectivity index (χ4v) is 2.57. The first-order valence-electron chi connectivity index (χ1n) is 3.74. The summed E-state index contributed by atoms with van der Waals surface area (Å²) in [7, 11) is -2.19. The molecule has 66 valence electrons. The van der Waals surface area contributed by atoms with Crippen molar-refractivity contribution in [1.29, 1.82) is 5.26 Å². The van der Waals surface area contributed by atoms with E-state index in [1.165, 1.54) is 0 Å². The van der Waals surface area contributed by atoms with Crippen molar-refractivity contribution in [3.63, 3.8) is 0 Å². The molecule has 3 heteroatoms. The van der Waals surface area contributed by atoms with Crippen molar-refractivity contribution < 1.29 is 3.89 Å². The molecule has 0 aromatic rings. The zero-order valence-corrected chi connectivity index (χ0v) is 8.41. The summed E-state index contributed by atoms with van der Waals surface area (Å²) in [4.78, 5) is 0. The van der Waals surface area contributed by atoms with Crippen LogP contribution in [0.3, 0.4) is 0 Å². The Balaban J connectivity index is 4.32. The highest BCUT2D eigenvalue weighted by atomic mass is 32.3. The van der Waals surface area contributed by atoms with Crippen molar-refractivity contribution in [1.82, 2.24) is 0 Å². The lowest BCUT2D eigenvalue weighted by molar-refractivity contribution is 0.576. The largest absolute Gasteiger partial charge is 0.197 e. The van der Waals surface area contributed by atoms with Crippen LogP contribution in [0.1, 0.15) is 20.3 Å². The van der Waals surface area contributed by atoms with Crippen LogP contribution in [0.5, 0.6) is 0 Å². The van der Waals surface area contributed by atoms with Crippen LogP contribution in [0.25, 0.3) is 0 Å². The third-order valence-corrected chi connectivity index (χ3v) is 3.67. The SMILES string of the molecule is CCC(C)C(C#N)S(C)(C)F. The highest BCUT2D eigenvalue weighted by Gasteiger charge is 2.28. The minimum absolute atomic E-state index is 0.176. The minimum atomic E-state index is -2.19. The van der Waals surface area contributed by atoms with Crippen molar-refractivity contribution in [2.75, 3.05) is 12.5 Å². The van der Waals surface area contributed by atoms with E-state index in [9.17, 15) is 3.89 Å². The number of hydrogen-bond donors (Lipinski definition) is 0. The lowest BCUT2D eigenvalue weighted by atomic mass is 10.1. The van der Waals surface area contributed by atoms with Crippen molar-refractivity contribution in [3.8, 4) is 6.07 Å². The van der Waals surface area contributed by atoms with Crippen LogP contribution >= 0.6 is 10.4 Å². The zero-order chi connectivity index (χ0) is 9.07. The molecule has 0 heterocycles. The van der Waals surface area contributed by atoms with E-state index in [0.29, 0.717) is 0 Å². The number of rotatable bonds is 3. The van der Waals surface area contributed by atoms with Crippen LogP contribution in [0.2, 0.25) is 0 Å². The first-order valence-corrected chi connectivity index (χ1v) is 6.16. The molecule has 11 heavy (non-hydrogen) atoms. The van der Waals surface area contributed by atoms with Crippen molar-refractivity contribution in [3.05, 3.63) is 0 Å². The maximum atomic E-state index is 13.4. The molecule has 0 radical (unpaired) electrons. The Morgan fingerprint density at radius 1 is 1.55 bits per heavy atom. The summed E-state index contributed by atoms with van der Waals surface area (Å²) < 4.78 is 13.4. The van der Waals surface area contributed by atoms with E-state index in [1.54, 1.807) is 12.5 Å². The Kier molecular flexibility index (Phi) is 3.88. The Bertz CT molecular complexity index is 156. The van der Waals surface area contributed by atoms with Gasteiger partial charge in [0, 0.05) is 0 Å². The predicted octanol–water partition coefficient (Wildman–Crippen LogP) is 2.87. The quantitative estimate of drug-likeness (QED) is 0.650. The monoisotopic (exact) mass is 177 g/mol. The number of hydrogen-bond acceptors (Lipinski definition) is 1. The molecule has 0 bridgehead atoms. The summed E-state index contributed by atoms with van der Waals surface area (Å²) in [6, 6.07) is 2.05. The molecule has 0 spiro atoms. The normalized spacial score (nSPS) is 18.5. The van der Waals surface area contributed by atoms with Gasteiger partial charge in [0.15, 0.2) is 0 Å². The molecule has 1 nitrogen and oxygen atoms in total. The Hall–Kier alpha value is -0.230. The molecular formula is C8H16FNS. The zero-order valence-electron chi connectivity index (χ0n) is 7.60. The molecule has 2 unspecified atom stereocenters. The molecule has 0 N–H and O–H groups in total. The molecule has 0 aliphatic heterocycles. The van der Waals surface area contributed by atoms with E-state index in [4.69, 9.17) is 5.26 Å². The van der Waals surface area contributed by atoms with E-state index in [1.807, 2.05) is 13.8 Å². The first-order chi connectivity index (χ1) is 4.93. The molecule has 0 rings (SSSR count). The van der Waals surface area contributed by atoms with Crippen LogP contribution in [0.4, 0.5) is 3.89 Å². The van der Waals surface area contributed by atoms with Crippen LogP contribution in [0, 0.1) is 17.2 Å². The topological polar surface area (TPSA) is 23.8 Å².